The van der Waals surface area contributed by atoms with Crippen LogP contribution in [0, 0.1) is 16.7 Å². The lowest BCUT2D eigenvalue weighted by molar-refractivity contribution is -0.118. The smallest absolute Gasteiger partial charge is 0.175 e. The minimum absolute atomic E-state index is 0.321. The van der Waals surface area contributed by atoms with Crippen LogP contribution in [0.3, 0.4) is 0 Å². The molecule has 144 valence electrons. The maximum absolute atomic E-state index is 5.73. The number of methoxy groups -OCH3 is 1. The molecule has 5 rings (SSSR count). The van der Waals surface area contributed by atoms with E-state index in [9.17, 15) is 0 Å². The number of benzene rings is 1. The van der Waals surface area contributed by atoms with Gasteiger partial charge in [0.25, 0.3) is 0 Å². The molecular formula is C22H32BrNO2. The lowest BCUT2D eigenvalue weighted by Crippen LogP contribution is -2.63. The van der Waals surface area contributed by atoms with Gasteiger partial charge < -0.3 is 14.8 Å². The molecular weight excluding hydrogens is 390 g/mol. The highest BCUT2D eigenvalue weighted by Crippen LogP contribution is 2.66. The van der Waals surface area contributed by atoms with Gasteiger partial charge in [-0.1, -0.05) is 13.8 Å². The van der Waals surface area contributed by atoms with Crippen LogP contribution in [0.1, 0.15) is 64.9 Å². The van der Waals surface area contributed by atoms with Gasteiger partial charge in [0, 0.05) is 12.1 Å². The van der Waals surface area contributed by atoms with Crippen LogP contribution in [-0.2, 0) is 6.54 Å². The van der Waals surface area contributed by atoms with E-state index in [1.807, 2.05) is 6.92 Å². The van der Waals surface area contributed by atoms with Crippen LogP contribution < -0.4 is 14.8 Å². The van der Waals surface area contributed by atoms with Crippen molar-refractivity contribution in [3.8, 4) is 11.5 Å². The van der Waals surface area contributed by atoms with Crippen molar-refractivity contribution in [2.75, 3.05) is 13.7 Å². The number of nitrogens with one attached hydrogen (secondary N) is 1. The number of halogens is 1. The van der Waals surface area contributed by atoms with Crippen LogP contribution in [0.15, 0.2) is 16.6 Å². The molecule has 3 nitrogen and oxygen atoms in total. The summed E-state index contributed by atoms with van der Waals surface area (Å²) in [5, 5.41) is 4.01. The van der Waals surface area contributed by atoms with E-state index >= 15 is 0 Å². The van der Waals surface area contributed by atoms with E-state index in [1.165, 1.54) is 44.1 Å². The molecule has 4 aliphatic carbocycles. The van der Waals surface area contributed by atoms with Crippen LogP contribution >= 0.6 is 15.9 Å². The maximum atomic E-state index is 5.73. The van der Waals surface area contributed by atoms with Crippen molar-refractivity contribution in [3.63, 3.8) is 0 Å². The largest absolute Gasteiger partial charge is 0.493 e. The highest BCUT2D eigenvalue weighted by molar-refractivity contribution is 9.10. The van der Waals surface area contributed by atoms with Gasteiger partial charge in [-0.05, 0) is 95.8 Å². The Morgan fingerprint density at radius 2 is 1.81 bits per heavy atom. The monoisotopic (exact) mass is 421 g/mol. The van der Waals surface area contributed by atoms with Gasteiger partial charge in [0.1, 0.15) is 0 Å². The van der Waals surface area contributed by atoms with Gasteiger partial charge in [0.15, 0.2) is 11.5 Å². The standard InChI is InChI=1S/C22H32BrNO2/c1-5-26-19-17(23)6-15(7-18(19)25-4)11-24-22-10-16-8-20(2,13-22)12-21(3,9-16)14-22/h6-7,16,24H,5,8-14H2,1-4H3. The summed E-state index contributed by atoms with van der Waals surface area (Å²) < 4.78 is 12.3. The number of ether oxygens (including phenoxy) is 2. The predicted molar refractivity (Wildman–Crippen MR) is 109 cm³/mol. The van der Waals surface area contributed by atoms with Crippen molar-refractivity contribution in [1.29, 1.82) is 0 Å². The molecule has 0 spiro atoms. The van der Waals surface area contributed by atoms with E-state index in [-0.39, 0.29) is 0 Å². The van der Waals surface area contributed by atoms with Gasteiger partial charge in [0.2, 0.25) is 0 Å². The number of hydrogen-bond acceptors (Lipinski definition) is 3. The first-order valence-electron chi connectivity index (χ1n) is 10.0. The minimum Gasteiger partial charge on any atom is -0.493 e. The fourth-order valence-corrected chi connectivity index (χ4v) is 7.70. The highest BCUT2D eigenvalue weighted by atomic mass is 79.9. The normalized spacial score (nSPS) is 37.8. The summed E-state index contributed by atoms with van der Waals surface area (Å²) in [5.74, 6) is 2.52. The molecule has 0 saturated heterocycles. The summed E-state index contributed by atoms with van der Waals surface area (Å²) in [6.07, 6.45) is 8.32. The molecule has 1 N–H and O–H groups in total. The fourth-order valence-electron chi connectivity index (χ4n) is 7.09. The first-order valence-corrected chi connectivity index (χ1v) is 10.8. The summed E-state index contributed by atoms with van der Waals surface area (Å²) >= 11 is 3.66. The fraction of sp³-hybridized carbons (Fsp3) is 0.727. The molecule has 0 heterocycles. The van der Waals surface area contributed by atoms with Crippen molar-refractivity contribution < 1.29 is 9.47 Å². The molecule has 0 amide bonds. The average molecular weight is 422 g/mol. The molecule has 0 aliphatic heterocycles. The number of rotatable bonds is 6. The SMILES string of the molecule is CCOc1c(Br)cc(CNC23CC4CC(C)(CC(C)(C4)C2)C3)cc1OC. The molecule has 1 aromatic rings. The van der Waals surface area contributed by atoms with Gasteiger partial charge in [-0.2, -0.15) is 0 Å². The second-order valence-corrected chi connectivity index (χ2v) is 10.7. The molecule has 4 saturated carbocycles. The zero-order chi connectivity index (χ0) is 18.6. The third-order valence-electron chi connectivity index (χ3n) is 6.87. The first-order chi connectivity index (χ1) is 12.3. The van der Waals surface area contributed by atoms with Crippen LogP contribution in [-0.4, -0.2) is 19.3 Å². The second-order valence-electron chi connectivity index (χ2n) is 9.81. The Balaban J connectivity index is 1.53. The zero-order valence-electron chi connectivity index (χ0n) is 16.6. The summed E-state index contributed by atoms with van der Waals surface area (Å²) in [6, 6.07) is 4.29. The quantitative estimate of drug-likeness (QED) is 0.639. The molecule has 4 bridgehead atoms. The van der Waals surface area contributed by atoms with Crippen molar-refractivity contribution in [2.45, 2.75) is 71.4 Å². The Kier molecular flexibility index (Phi) is 4.59. The third kappa shape index (κ3) is 3.28. The first kappa shape index (κ1) is 18.6. The van der Waals surface area contributed by atoms with E-state index in [0.29, 0.717) is 23.0 Å². The van der Waals surface area contributed by atoms with E-state index < -0.39 is 0 Å². The van der Waals surface area contributed by atoms with Gasteiger partial charge in [-0.15, -0.1) is 0 Å². The molecule has 0 radical (unpaired) electrons. The van der Waals surface area contributed by atoms with Crippen LogP contribution in [0.2, 0.25) is 0 Å². The topological polar surface area (TPSA) is 30.5 Å². The third-order valence-corrected chi connectivity index (χ3v) is 7.46. The summed E-state index contributed by atoms with van der Waals surface area (Å²) in [5.41, 5.74) is 2.65. The molecule has 2 unspecified atom stereocenters. The molecule has 2 atom stereocenters. The summed E-state index contributed by atoms with van der Waals surface area (Å²) in [4.78, 5) is 0. The van der Waals surface area contributed by atoms with E-state index in [4.69, 9.17) is 9.47 Å². The van der Waals surface area contributed by atoms with Gasteiger partial charge in [-0.3, -0.25) is 0 Å². The van der Waals surface area contributed by atoms with Crippen molar-refractivity contribution >= 4 is 15.9 Å². The molecule has 1 aromatic carbocycles. The molecule has 4 aliphatic rings. The average Bonchev–Trinajstić information content (AvgIpc) is 2.51. The molecule has 0 aromatic heterocycles. The van der Waals surface area contributed by atoms with Gasteiger partial charge >= 0.3 is 0 Å². The van der Waals surface area contributed by atoms with Crippen molar-refractivity contribution in [2.24, 2.45) is 16.7 Å². The molecule has 4 heteroatoms. The zero-order valence-corrected chi connectivity index (χ0v) is 18.2. The van der Waals surface area contributed by atoms with Crippen molar-refractivity contribution in [3.05, 3.63) is 22.2 Å². The van der Waals surface area contributed by atoms with E-state index in [2.05, 4.69) is 47.2 Å². The predicted octanol–water partition coefficient (Wildman–Crippen LogP) is 5.70. The van der Waals surface area contributed by atoms with Crippen LogP contribution in [0.25, 0.3) is 0 Å². The Morgan fingerprint density at radius 1 is 1.12 bits per heavy atom. The Morgan fingerprint density at radius 3 is 2.38 bits per heavy atom. The molecule has 26 heavy (non-hydrogen) atoms. The highest BCUT2D eigenvalue weighted by Gasteiger charge is 2.59. The van der Waals surface area contributed by atoms with Gasteiger partial charge in [0.05, 0.1) is 18.2 Å². The maximum Gasteiger partial charge on any atom is 0.175 e. The second kappa shape index (κ2) is 6.41. The minimum atomic E-state index is 0.321. The Bertz CT molecular complexity index is 686. The van der Waals surface area contributed by atoms with Crippen LogP contribution in [0.4, 0.5) is 0 Å². The van der Waals surface area contributed by atoms with Crippen LogP contribution in [0.5, 0.6) is 11.5 Å². The Hall–Kier alpha value is -0.740. The lowest BCUT2D eigenvalue weighted by atomic mass is 9.43. The Labute approximate surface area is 166 Å². The van der Waals surface area contributed by atoms with E-state index in [1.54, 1.807) is 7.11 Å². The lowest BCUT2D eigenvalue weighted by Gasteiger charge is -2.65. The summed E-state index contributed by atoms with van der Waals surface area (Å²) in [6.45, 7) is 8.58. The van der Waals surface area contributed by atoms with E-state index in [0.717, 1.165) is 28.4 Å². The van der Waals surface area contributed by atoms with Crippen molar-refractivity contribution in [1.82, 2.24) is 5.32 Å². The van der Waals surface area contributed by atoms with Gasteiger partial charge in [-0.25, -0.2) is 0 Å². The number of hydrogen-bond donors (Lipinski definition) is 1. The summed E-state index contributed by atoms with van der Waals surface area (Å²) in [7, 11) is 1.71. The molecule has 4 fully saturated rings.